The molecule has 1 aliphatic heterocycles. The lowest BCUT2D eigenvalue weighted by molar-refractivity contribution is 0.102. The number of hydrogen-bond donors (Lipinski definition) is 2. The minimum atomic E-state index is -0.204. The highest BCUT2D eigenvalue weighted by Crippen LogP contribution is 2.26. The summed E-state index contributed by atoms with van der Waals surface area (Å²) >= 11 is 11.8. The second-order valence-electron chi connectivity index (χ2n) is 4.99. The second kappa shape index (κ2) is 5.96. The van der Waals surface area contributed by atoms with Crippen molar-refractivity contribution < 1.29 is 4.79 Å². The van der Waals surface area contributed by atoms with Crippen LogP contribution in [0.4, 0.5) is 11.4 Å². The summed E-state index contributed by atoms with van der Waals surface area (Å²) in [6, 6.07) is 10.8. The maximum Gasteiger partial charge on any atom is 0.255 e. The van der Waals surface area contributed by atoms with Gasteiger partial charge in [0, 0.05) is 23.5 Å². The Labute approximate surface area is 133 Å². The van der Waals surface area contributed by atoms with Crippen LogP contribution in [0.3, 0.4) is 0 Å². The maximum absolute atomic E-state index is 12.2. The number of anilines is 2. The van der Waals surface area contributed by atoms with Crippen LogP contribution in [0, 0.1) is 0 Å². The van der Waals surface area contributed by atoms with E-state index in [9.17, 15) is 4.79 Å². The van der Waals surface area contributed by atoms with Crippen LogP contribution in [-0.4, -0.2) is 12.5 Å². The Morgan fingerprint density at radius 3 is 2.76 bits per heavy atom. The molecule has 2 aromatic carbocycles. The number of nitrogens with one attached hydrogen (secondary N) is 2. The largest absolute Gasteiger partial charge is 0.385 e. The summed E-state index contributed by atoms with van der Waals surface area (Å²) in [7, 11) is 0. The highest BCUT2D eigenvalue weighted by molar-refractivity contribution is 6.42. The Morgan fingerprint density at radius 2 is 1.95 bits per heavy atom. The van der Waals surface area contributed by atoms with Crippen molar-refractivity contribution in [1.82, 2.24) is 0 Å². The average Bonchev–Trinajstić information content (AvgIpc) is 2.50. The van der Waals surface area contributed by atoms with Crippen LogP contribution in [-0.2, 0) is 6.42 Å². The maximum atomic E-state index is 12.2. The Morgan fingerprint density at radius 1 is 1.10 bits per heavy atom. The topological polar surface area (TPSA) is 41.1 Å². The van der Waals surface area contributed by atoms with Crippen molar-refractivity contribution in [2.75, 3.05) is 17.2 Å². The summed E-state index contributed by atoms with van der Waals surface area (Å²) in [5.74, 6) is -0.204. The molecule has 5 heteroatoms. The molecule has 0 saturated carbocycles. The Bertz CT molecular complexity index is 701. The van der Waals surface area contributed by atoms with Gasteiger partial charge in [0.15, 0.2) is 0 Å². The van der Waals surface area contributed by atoms with Crippen molar-refractivity contribution in [2.24, 2.45) is 0 Å². The molecule has 0 spiro atoms. The fourth-order valence-corrected chi connectivity index (χ4v) is 2.68. The van der Waals surface area contributed by atoms with Crippen molar-refractivity contribution in [3.8, 4) is 0 Å². The molecule has 0 unspecified atom stereocenters. The highest BCUT2D eigenvalue weighted by atomic mass is 35.5. The number of rotatable bonds is 2. The average molecular weight is 321 g/mol. The molecular weight excluding hydrogens is 307 g/mol. The zero-order valence-electron chi connectivity index (χ0n) is 11.2. The normalized spacial score (nSPS) is 13.2. The van der Waals surface area contributed by atoms with Gasteiger partial charge in [0.2, 0.25) is 0 Å². The number of carbonyl (C=O) groups excluding carboxylic acids is 1. The van der Waals surface area contributed by atoms with Crippen molar-refractivity contribution in [3.05, 3.63) is 57.6 Å². The van der Waals surface area contributed by atoms with Gasteiger partial charge in [0.25, 0.3) is 5.91 Å². The van der Waals surface area contributed by atoms with Crippen molar-refractivity contribution in [1.29, 1.82) is 0 Å². The van der Waals surface area contributed by atoms with Crippen molar-refractivity contribution >= 4 is 40.5 Å². The number of carbonyl (C=O) groups is 1. The zero-order chi connectivity index (χ0) is 14.8. The van der Waals surface area contributed by atoms with E-state index >= 15 is 0 Å². The first-order valence-corrected chi connectivity index (χ1v) is 7.52. The Kier molecular flexibility index (Phi) is 4.04. The van der Waals surface area contributed by atoms with Gasteiger partial charge in [-0.1, -0.05) is 29.3 Å². The fourth-order valence-electron chi connectivity index (χ4n) is 2.38. The molecule has 0 aromatic heterocycles. The number of amides is 1. The standard InChI is InChI=1S/C16H14Cl2N2O/c17-13-6-4-11(8-14(13)18)16(21)20-12-5-3-10-2-1-7-19-15(10)9-12/h3-6,8-9,19H,1-2,7H2,(H,20,21). The first kappa shape index (κ1) is 14.2. The predicted octanol–water partition coefficient (Wildman–Crippen LogP) is 4.60. The third kappa shape index (κ3) is 3.14. The number of halogens is 2. The number of hydrogen-bond acceptors (Lipinski definition) is 2. The molecule has 0 atom stereocenters. The fraction of sp³-hybridized carbons (Fsp3) is 0.188. The van der Waals surface area contributed by atoms with Crippen LogP contribution in [0.1, 0.15) is 22.3 Å². The molecule has 0 radical (unpaired) electrons. The van der Waals surface area contributed by atoms with Gasteiger partial charge in [-0.3, -0.25) is 4.79 Å². The Hall–Kier alpha value is -1.71. The van der Waals surface area contributed by atoms with E-state index in [2.05, 4.69) is 10.6 Å². The van der Waals surface area contributed by atoms with Gasteiger partial charge in [-0.25, -0.2) is 0 Å². The van der Waals surface area contributed by atoms with Gasteiger partial charge in [-0.15, -0.1) is 0 Å². The van der Waals surface area contributed by atoms with E-state index in [1.54, 1.807) is 18.2 Å². The minimum absolute atomic E-state index is 0.204. The van der Waals surface area contributed by atoms with Crippen molar-refractivity contribution in [2.45, 2.75) is 12.8 Å². The van der Waals surface area contributed by atoms with Gasteiger partial charge in [-0.2, -0.15) is 0 Å². The van der Waals surface area contributed by atoms with E-state index in [4.69, 9.17) is 23.2 Å². The van der Waals surface area contributed by atoms with E-state index in [0.29, 0.717) is 15.6 Å². The first-order valence-electron chi connectivity index (χ1n) is 6.77. The first-order chi connectivity index (χ1) is 10.1. The van der Waals surface area contributed by atoms with Gasteiger partial charge >= 0.3 is 0 Å². The quantitative estimate of drug-likeness (QED) is 0.848. The van der Waals surface area contributed by atoms with Crippen LogP contribution in [0.5, 0.6) is 0 Å². The zero-order valence-corrected chi connectivity index (χ0v) is 12.8. The summed E-state index contributed by atoms with van der Waals surface area (Å²) in [6.45, 7) is 0.969. The van der Waals surface area contributed by atoms with E-state index in [-0.39, 0.29) is 5.91 Å². The molecule has 3 nitrogen and oxygen atoms in total. The summed E-state index contributed by atoms with van der Waals surface area (Å²) in [4.78, 5) is 12.2. The molecule has 2 N–H and O–H groups in total. The molecule has 1 heterocycles. The monoisotopic (exact) mass is 320 g/mol. The van der Waals surface area contributed by atoms with E-state index in [1.165, 1.54) is 5.56 Å². The van der Waals surface area contributed by atoms with Gasteiger partial charge in [-0.05, 0) is 48.7 Å². The number of fused-ring (bicyclic) bond motifs is 1. The SMILES string of the molecule is O=C(Nc1ccc2c(c1)NCCC2)c1ccc(Cl)c(Cl)c1. The number of aryl methyl sites for hydroxylation is 1. The molecule has 0 bridgehead atoms. The van der Waals surface area contributed by atoms with Crippen LogP contribution in [0.15, 0.2) is 36.4 Å². The lowest BCUT2D eigenvalue weighted by Gasteiger charge is -2.19. The lowest BCUT2D eigenvalue weighted by atomic mass is 10.0. The van der Waals surface area contributed by atoms with Crippen LogP contribution in [0.2, 0.25) is 10.0 Å². The molecule has 0 saturated heterocycles. The molecule has 1 aliphatic rings. The van der Waals surface area contributed by atoms with Gasteiger partial charge in [0.1, 0.15) is 0 Å². The van der Waals surface area contributed by atoms with Crippen LogP contribution >= 0.6 is 23.2 Å². The molecule has 108 valence electrons. The van der Waals surface area contributed by atoms with Crippen LogP contribution in [0.25, 0.3) is 0 Å². The minimum Gasteiger partial charge on any atom is -0.385 e. The summed E-state index contributed by atoms with van der Waals surface area (Å²) in [5.41, 5.74) is 3.62. The van der Waals surface area contributed by atoms with Crippen LogP contribution < -0.4 is 10.6 Å². The second-order valence-corrected chi connectivity index (χ2v) is 5.80. The number of benzene rings is 2. The smallest absolute Gasteiger partial charge is 0.255 e. The third-order valence-corrected chi connectivity index (χ3v) is 4.23. The molecule has 21 heavy (non-hydrogen) atoms. The third-order valence-electron chi connectivity index (χ3n) is 3.49. The van der Waals surface area contributed by atoms with Gasteiger partial charge < -0.3 is 10.6 Å². The Balaban J connectivity index is 1.79. The summed E-state index contributed by atoms with van der Waals surface area (Å²) in [5, 5.41) is 7.03. The predicted molar refractivity (Wildman–Crippen MR) is 87.7 cm³/mol. The molecule has 0 fully saturated rings. The van der Waals surface area contributed by atoms with E-state index < -0.39 is 0 Å². The van der Waals surface area contributed by atoms with Crippen molar-refractivity contribution in [3.63, 3.8) is 0 Å². The van der Waals surface area contributed by atoms with E-state index in [1.807, 2.05) is 18.2 Å². The van der Waals surface area contributed by atoms with E-state index in [0.717, 1.165) is 30.8 Å². The molecule has 3 rings (SSSR count). The molecular formula is C16H14Cl2N2O. The highest BCUT2D eigenvalue weighted by Gasteiger charge is 2.12. The summed E-state index contributed by atoms with van der Waals surface area (Å²) < 4.78 is 0. The lowest BCUT2D eigenvalue weighted by Crippen LogP contribution is -2.14. The molecule has 0 aliphatic carbocycles. The molecule has 2 aromatic rings. The van der Waals surface area contributed by atoms with Gasteiger partial charge in [0.05, 0.1) is 10.0 Å². The summed E-state index contributed by atoms with van der Waals surface area (Å²) in [6.07, 6.45) is 2.21. The molecule has 1 amide bonds.